The Hall–Kier alpha value is -0.710. The summed E-state index contributed by atoms with van der Waals surface area (Å²) in [6, 6.07) is 4.22. The van der Waals surface area contributed by atoms with Crippen LogP contribution in [0.5, 0.6) is 5.75 Å². The van der Waals surface area contributed by atoms with Gasteiger partial charge in [0.1, 0.15) is 12.4 Å². The molecule has 1 aromatic rings. The number of halogens is 5. The van der Waals surface area contributed by atoms with Gasteiger partial charge in [0.25, 0.3) is 0 Å². The molecule has 0 heterocycles. The quantitative estimate of drug-likeness (QED) is 0.285. The number of guanidine groups is 1. The third-order valence-electron chi connectivity index (χ3n) is 3.33. The second-order valence-corrected chi connectivity index (χ2v) is 5.98. The maximum Gasteiger partial charge on any atom is 0.420 e. The minimum Gasteiger partial charge on any atom is -0.491 e. The van der Waals surface area contributed by atoms with Crippen LogP contribution in [-0.2, 0) is 6.18 Å². The smallest absolute Gasteiger partial charge is 0.420 e. The van der Waals surface area contributed by atoms with Crippen molar-refractivity contribution in [1.82, 2.24) is 4.90 Å². The van der Waals surface area contributed by atoms with Crippen molar-refractivity contribution in [3.63, 3.8) is 0 Å². The predicted molar refractivity (Wildman–Crippen MR) is 97.3 cm³/mol. The first-order valence-electron chi connectivity index (χ1n) is 6.81. The van der Waals surface area contributed by atoms with Crippen molar-refractivity contribution in [1.29, 1.82) is 0 Å². The maximum absolute atomic E-state index is 12.9. The molecule has 0 spiro atoms. The van der Waals surface area contributed by atoms with Gasteiger partial charge in [-0.2, -0.15) is 13.2 Å². The molecule has 1 saturated carbocycles. The Bertz CT molecular complexity index is 565. The molecule has 9 heteroatoms. The van der Waals surface area contributed by atoms with Gasteiger partial charge in [-0.25, -0.2) is 4.99 Å². The van der Waals surface area contributed by atoms with Crippen LogP contribution in [0.3, 0.4) is 0 Å². The van der Waals surface area contributed by atoms with Crippen LogP contribution in [0.4, 0.5) is 13.2 Å². The van der Waals surface area contributed by atoms with Crippen LogP contribution < -0.4 is 10.5 Å². The third kappa shape index (κ3) is 6.02. The molecule has 1 aliphatic rings. The molecular weight excluding hydrogens is 490 g/mol. The molecule has 2 N–H and O–H groups in total. The number of nitrogens with zero attached hydrogens (tertiary/aromatic N) is 2. The topological polar surface area (TPSA) is 50.8 Å². The van der Waals surface area contributed by atoms with Crippen LogP contribution in [0.2, 0.25) is 0 Å². The highest BCUT2D eigenvalue weighted by atomic mass is 127. The van der Waals surface area contributed by atoms with Crippen LogP contribution in [-0.4, -0.2) is 37.1 Å². The van der Waals surface area contributed by atoms with Crippen LogP contribution >= 0.6 is 39.9 Å². The van der Waals surface area contributed by atoms with E-state index in [2.05, 4.69) is 20.9 Å². The van der Waals surface area contributed by atoms with E-state index in [0.29, 0.717) is 16.5 Å². The van der Waals surface area contributed by atoms with Gasteiger partial charge in [-0.15, -0.1) is 24.0 Å². The molecule has 1 fully saturated rings. The number of hydrogen-bond acceptors (Lipinski definition) is 2. The van der Waals surface area contributed by atoms with Gasteiger partial charge in [0, 0.05) is 17.6 Å². The van der Waals surface area contributed by atoms with Gasteiger partial charge in [-0.1, -0.05) is 15.9 Å². The summed E-state index contributed by atoms with van der Waals surface area (Å²) in [6.07, 6.45) is -2.28. The summed E-state index contributed by atoms with van der Waals surface area (Å²) < 4.78 is 44.3. The van der Waals surface area contributed by atoms with Gasteiger partial charge in [0.15, 0.2) is 5.96 Å². The van der Waals surface area contributed by atoms with Gasteiger partial charge in [-0.3, -0.25) is 0 Å². The van der Waals surface area contributed by atoms with Crippen LogP contribution in [0.25, 0.3) is 0 Å². The summed E-state index contributed by atoms with van der Waals surface area (Å²) >= 11 is 3.03. The van der Waals surface area contributed by atoms with E-state index in [0.717, 1.165) is 18.9 Å². The van der Waals surface area contributed by atoms with E-state index in [9.17, 15) is 13.2 Å². The molecule has 0 unspecified atom stereocenters. The Balaban J connectivity index is 0.00000264. The Morgan fingerprint density at radius 1 is 1.43 bits per heavy atom. The lowest BCUT2D eigenvalue weighted by atomic mass is 10.2. The molecular formula is C14H18BrF3IN3O. The average molecular weight is 508 g/mol. The fourth-order valence-corrected chi connectivity index (χ4v) is 2.29. The first kappa shape index (κ1) is 20.3. The van der Waals surface area contributed by atoms with Gasteiger partial charge in [0.2, 0.25) is 0 Å². The maximum atomic E-state index is 12.9. The Morgan fingerprint density at radius 2 is 2.09 bits per heavy atom. The number of rotatable bonds is 5. The first-order chi connectivity index (χ1) is 10.3. The average Bonchev–Trinajstić information content (AvgIpc) is 3.27. The zero-order valence-corrected chi connectivity index (χ0v) is 16.4. The minimum absolute atomic E-state index is 0. The van der Waals surface area contributed by atoms with Crippen LogP contribution in [0.1, 0.15) is 18.4 Å². The van der Waals surface area contributed by atoms with E-state index in [-0.39, 0.29) is 42.9 Å². The molecule has 1 aliphatic carbocycles. The number of nitrogens with two attached hydrogens (primary N) is 1. The molecule has 2 rings (SSSR count). The molecule has 0 aromatic heterocycles. The highest BCUT2D eigenvalue weighted by molar-refractivity contribution is 14.0. The van der Waals surface area contributed by atoms with Gasteiger partial charge >= 0.3 is 6.18 Å². The lowest BCUT2D eigenvalue weighted by Crippen LogP contribution is -2.36. The standard InChI is InChI=1S/C14H17BrF3N3O.HI/c1-21(10-3-4-10)13(19)20-6-7-22-12-5-2-9(15)8-11(12)14(16,17)18;/h2,5,8,10H,3-4,6-7H2,1H3,(H2,19,20);1H. The summed E-state index contributed by atoms with van der Waals surface area (Å²) in [6.45, 7) is 0.236. The Morgan fingerprint density at radius 3 is 2.65 bits per heavy atom. The second kappa shape index (κ2) is 8.41. The van der Waals surface area contributed by atoms with E-state index < -0.39 is 11.7 Å². The number of hydrogen-bond donors (Lipinski definition) is 1. The summed E-state index contributed by atoms with van der Waals surface area (Å²) in [5.41, 5.74) is 4.98. The van der Waals surface area contributed by atoms with Crippen molar-refractivity contribution < 1.29 is 17.9 Å². The monoisotopic (exact) mass is 507 g/mol. The summed E-state index contributed by atoms with van der Waals surface area (Å²) in [5, 5.41) is 0. The molecule has 0 amide bonds. The molecule has 130 valence electrons. The molecule has 4 nitrogen and oxygen atoms in total. The largest absolute Gasteiger partial charge is 0.491 e. The van der Waals surface area contributed by atoms with E-state index in [4.69, 9.17) is 10.5 Å². The second-order valence-electron chi connectivity index (χ2n) is 5.07. The molecule has 0 atom stereocenters. The highest BCUT2D eigenvalue weighted by Crippen LogP contribution is 2.37. The fourth-order valence-electron chi connectivity index (χ4n) is 1.93. The third-order valence-corrected chi connectivity index (χ3v) is 3.82. The predicted octanol–water partition coefficient (Wildman–Crippen LogP) is 3.87. The SMILES string of the molecule is CN(C(N)=NCCOc1ccc(Br)cc1C(F)(F)F)C1CC1.I. The number of benzene rings is 1. The highest BCUT2D eigenvalue weighted by Gasteiger charge is 2.34. The lowest BCUT2D eigenvalue weighted by Gasteiger charge is -2.17. The molecule has 0 bridgehead atoms. The van der Waals surface area contributed by atoms with Crippen molar-refractivity contribution in [2.45, 2.75) is 25.1 Å². The van der Waals surface area contributed by atoms with Crippen LogP contribution in [0, 0.1) is 0 Å². The zero-order valence-electron chi connectivity index (χ0n) is 12.4. The van der Waals surface area contributed by atoms with Crippen molar-refractivity contribution in [3.05, 3.63) is 28.2 Å². The first-order valence-corrected chi connectivity index (χ1v) is 7.60. The van der Waals surface area contributed by atoms with Crippen molar-refractivity contribution >= 4 is 45.9 Å². The van der Waals surface area contributed by atoms with E-state index in [1.807, 2.05) is 11.9 Å². The Labute approximate surface area is 158 Å². The van der Waals surface area contributed by atoms with E-state index in [1.54, 1.807) is 0 Å². The molecule has 23 heavy (non-hydrogen) atoms. The van der Waals surface area contributed by atoms with E-state index >= 15 is 0 Å². The zero-order chi connectivity index (χ0) is 16.3. The van der Waals surface area contributed by atoms with Crippen molar-refractivity contribution in [2.75, 3.05) is 20.2 Å². The van der Waals surface area contributed by atoms with Gasteiger partial charge in [-0.05, 0) is 31.0 Å². The van der Waals surface area contributed by atoms with Gasteiger partial charge in [0.05, 0.1) is 12.1 Å². The number of alkyl halides is 3. The lowest BCUT2D eigenvalue weighted by molar-refractivity contribution is -0.139. The summed E-state index contributed by atoms with van der Waals surface area (Å²) in [5.74, 6) is 0.179. The summed E-state index contributed by atoms with van der Waals surface area (Å²) in [4.78, 5) is 5.99. The fraction of sp³-hybridized carbons (Fsp3) is 0.500. The molecule has 1 aromatic carbocycles. The molecule has 0 aliphatic heterocycles. The van der Waals surface area contributed by atoms with Crippen molar-refractivity contribution in [2.24, 2.45) is 10.7 Å². The number of aliphatic imine (C=N–C) groups is 1. The minimum atomic E-state index is -4.46. The van der Waals surface area contributed by atoms with Crippen LogP contribution in [0.15, 0.2) is 27.7 Å². The summed E-state index contributed by atoms with van der Waals surface area (Å²) in [7, 11) is 1.85. The molecule has 0 radical (unpaired) electrons. The molecule has 0 saturated heterocycles. The van der Waals surface area contributed by atoms with Gasteiger partial charge < -0.3 is 15.4 Å². The number of ether oxygens (including phenoxy) is 1. The van der Waals surface area contributed by atoms with Crippen molar-refractivity contribution in [3.8, 4) is 5.75 Å². The Kier molecular flexibility index (Phi) is 7.43. The van der Waals surface area contributed by atoms with E-state index in [1.165, 1.54) is 12.1 Å². The normalized spacial score (nSPS) is 15.1.